The lowest BCUT2D eigenvalue weighted by atomic mass is 10.0. The van der Waals surface area contributed by atoms with E-state index in [0.29, 0.717) is 29.2 Å². The van der Waals surface area contributed by atoms with Crippen molar-refractivity contribution in [3.63, 3.8) is 0 Å². The lowest BCUT2D eigenvalue weighted by Gasteiger charge is -2.16. The molecule has 1 heterocycles. The highest BCUT2D eigenvalue weighted by Crippen LogP contribution is 2.27. The van der Waals surface area contributed by atoms with Crippen LogP contribution in [0.3, 0.4) is 0 Å². The van der Waals surface area contributed by atoms with Gasteiger partial charge in [0.2, 0.25) is 5.91 Å². The van der Waals surface area contributed by atoms with Gasteiger partial charge in [0, 0.05) is 23.7 Å². The molecule has 0 spiro atoms. The molecule has 1 N–H and O–H groups in total. The molecule has 0 fully saturated rings. The van der Waals surface area contributed by atoms with Gasteiger partial charge in [-0.1, -0.05) is 63.9 Å². The third-order valence-corrected chi connectivity index (χ3v) is 5.62. The minimum Gasteiger partial charge on any atom is -0.355 e. The first-order valence-electron chi connectivity index (χ1n) is 9.99. The number of aromatic nitrogens is 3. The summed E-state index contributed by atoms with van der Waals surface area (Å²) in [6, 6.07) is 7.65. The summed E-state index contributed by atoms with van der Waals surface area (Å²) in [7, 11) is 0. The molecule has 154 valence electrons. The number of amides is 1. The van der Waals surface area contributed by atoms with Gasteiger partial charge in [0.05, 0.1) is 5.75 Å². The standard InChI is InChI=1S/C21H31ClN4OS/c1-5-6-7-16(4)13-26-20(17-8-10-18(22)11-9-17)24-25-21(26)28-14-19(27)23-12-15(2)3/h8-11,15-16H,5-7,12-14H2,1-4H3,(H,23,27)/t16-/m0/s1. The Hall–Kier alpha value is -1.53. The van der Waals surface area contributed by atoms with Crippen LogP contribution in [-0.4, -0.2) is 33.0 Å². The molecule has 0 radical (unpaired) electrons. The second kappa shape index (κ2) is 11.5. The highest BCUT2D eigenvalue weighted by molar-refractivity contribution is 7.99. The van der Waals surface area contributed by atoms with Gasteiger partial charge in [-0.2, -0.15) is 0 Å². The minimum absolute atomic E-state index is 0.0281. The Morgan fingerprint density at radius 3 is 2.57 bits per heavy atom. The zero-order valence-corrected chi connectivity index (χ0v) is 18.8. The molecule has 1 amide bonds. The Morgan fingerprint density at radius 1 is 1.21 bits per heavy atom. The van der Waals surface area contributed by atoms with E-state index in [9.17, 15) is 4.79 Å². The smallest absolute Gasteiger partial charge is 0.230 e. The molecule has 0 bridgehead atoms. The van der Waals surface area contributed by atoms with E-state index in [1.165, 1.54) is 24.6 Å². The van der Waals surface area contributed by atoms with E-state index in [2.05, 4.69) is 47.8 Å². The van der Waals surface area contributed by atoms with Gasteiger partial charge in [0.25, 0.3) is 0 Å². The zero-order chi connectivity index (χ0) is 20.5. The van der Waals surface area contributed by atoms with E-state index >= 15 is 0 Å². The van der Waals surface area contributed by atoms with E-state index < -0.39 is 0 Å². The topological polar surface area (TPSA) is 59.8 Å². The Balaban J connectivity index is 2.16. The quantitative estimate of drug-likeness (QED) is 0.500. The lowest BCUT2D eigenvalue weighted by molar-refractivity contribution is -0.118. The number of nitrogens with one attached hydrogen (secondary N) is 1. The van der Waals surface area contributed by atoms with Crippen molar-refractivity contribution >= 4 is 29.3 Å². The van der Waals surface area contributed by atoms with Crippen molar-refractivity contribution in [3.05, 3.63) is 29.3 Å². The average molecular weight is 423 g/mol. The number of thioether (sulfide) groups is 1. The largest absolute Gasteiger partial charge is 0.355 e. The molecule has 5 nitrogen and oxygen atoms in total. The summed E-state index contributed by atoms with van der Waals surface area (Å²) in [5, 5.41) is 13.2. The predicted molar refractivity (Wildman–Crippen MR) is 118 cm³/mol. The first kappa shape index (κ1) is 22.8. The van der Waals surface area contributed by atoms with Crippen molar-refractivity contribution in [2.75, 3.05) is 12.3 Å². The molecule has 1 atom stereocenters. The van der Waals surface area contributed by atoms with E-state index in [-0.39, 0.29) is 5.91 Å². The first-order chi connectivity index (χ1) is 13.4. The fourth-order valence-electron chi connectivity index (χ4n) is 2.83. The van der Waals surface area contributed by atoms with Gasteiger partial charge in [-0.3, -0.25) is 4.79 Å². The van der Waals surface area contributed by atoms with Crippen molar-refractivity contribution in [2.24, 2.45) is 11.8 Å². The maximum absolute atomic E-state index is 12.1. The van der Waals surface area contributed by atoms with Crippen molar-refractivity contribution in [1.82, 2.24) is 20.1 Å². The monoisotopic (exact) mass is 422 g/mol. The molecule has 0 aliphatic rings. The molecule has 28 heavy (non-hydrogen) atoms. The molecular weight excluding hydrogens is 392 g/mol. The normalized spacial score (nSPS) is 12.4. The summed E-state index contributed by atoms with van der Waals surface area (Å²) in [6.07, 6.45) is 3.56. The van der Waals surface area contributed by atoms with Crippen molar-refractivity contribution < 1.29 is 4.79 Å². The highest BCUT2D eigenvalue weighted by atomic mass is 35.5. The average Bonchev–Trinajstić information content (AvgIpc) is 3.06. The summed E-state index contributed by atoms with van der Waals surface area (Å²) < 4.78 is 2.14. The number of nitrogens with zero attached hydrogens (tertiary/aromatic N) is 3. The van der Waals surface area contributed by atoms with Crippen molar-refractivity contribution in [1.29, 1.82) is 0 Å². The van der Waals surface area contributed by atoms with E-state index in [0.717, 1.165) is 29.5 Å². The molecular formula is C21H31ClN4OS. The molecule has 7 heteroatoms. The van der Waals surface area contributed by atoms with Crippen LogP contribution in [0.25, 0.3) is 11.4 Å². The number of unbranched alkanes of at least 4 members (excludes halogenated alkanes) is 1. The molecule has 0 unspecified atom stereocenters. The van der Waals surface area contributed by atoms with Crippen molar-refractivity contribution in [3.8, 4) is 11.4 Å². The van der Waals surface area contributed by atoms with Gasteiger partial charge in [0.15, 0.2) is 11.0 Å². The second-order valence-electron chi connectivity index (χ2n) is 7.66. The molecule has 0 aliphatic carbocycles. The van der Waals surface area contributed by atoms with Gasteiger partial charge in [-0.05, 0) is 42.5 Å². The predicted octanol–water partition coefficient (Wildman–Crippen LogP) is 5.29. The first-order valence-corrected chi connectivity index (χ1v) is 11.4. The van der Waals surface area contributed by atoms with Crippen LogP contribution in [0.4, 0.5) is 0 Å². The maximum Gasteiger partial charge on any atom is 0.230 e. The number of carbonyl (C=O) groups is 1. The molecule has 1 aromatic carbocycles. The Bertz CT molecular complexity index is 745. The molecule has 2 rings (SSSR count). The molecule has 0 saturated carbocycles. The third-order valence-electron chi connectivity index (χ3n) is 4.40. The highest BCUT2D eigenvalue weighted by Gasteiger charge is 2.17. The lowest BCUT2D eigenvalue weighted by Crippen LogP contribution is -2.28. The Kier molecular flexibility index (Phi) is 9.32. The van der Waals surface area contributed by atoms with E-state index in [1.807, 2.05) is 24.3 Å². The number of hydrogen-bond acceptors (Lipinski definition) is 4. The van der Waals surface area contributed by atoms with Crippen LogP contribution in [0, 0.1) is 11.8 Å². The molecule has 2 aromatic rings. The van der Waals surface area contributed by atoms with Crippen LogP contribution in [-0.2, 0) is 11.3 Å². The van der Waals surface area contributed by atoms with Crippen LogP contribution in [0.15, 0.2) is 29.4 Å². The number of rotatable bonds is 11. The summed E-state index contributed by atoms with van der Waals surface area (Å²) in [4.78, 5) is 12.1. The second-order valence-corrected chi connectivity index (χ2v) is 9.04. The van der Waals surface area contributed by atoms with Gasteiger partial charge in [-0.15, -0.1) is 10.2 Å². The fourth-order valence-corrected chi connectivity index (χ4v) is 3.73. The molecule has 0 saturated heterocycles. The van der Waals surface area contributed by atoms with Crippen molar-refractivity contribution in [2.45, 2.75) is 58.7 Å². The summed E-state index contributed by atoms with van der Waals surface area (Å²) in [5.74, 6) is 2.14. The van der Waals surface area contributed by atoms with Gasteiger partial charge in [0.1, 0.15) is 0 Å². The zero-order valence-electron chi connectivity index (χ0n) is 17.2. The summed E-state index contributed by atoms with van der Waals surface area (Å²) in [5.41, 5.74) is 0.982. The number of benzene rings is 1. The number of halogens is 1. The van der Waals surface area contributed by atoms with E-state index in [1.54, 1.807) is 0 Å². The SMILES string of the molecule is CCCC[C@H](C)Cn1c(SCC(=O)NCC(C)C)nnc1-c1ccc(Cl)cc1. The Morgan fingerprint density at radius 2 is 1.93 bits per heavy atom. The van der Waals surface area contributed by atoms with Gasteiger partial charge < -0.3 is 9.88 Å². The van der Waals surface area contributed by atoms with Crippen LogP contribution < -0.4 is 5.32 Å². The van der Waals surface area contributed by atoms with Crippen LogP contribution in [0.5, 0.6) is 0 Å². The molecule has 1 aromatic heterocycles. The van der Waals surface area contributed by atoms with Crippen LogP contribution >= 0.6 is 23.4 Å². The van der Waals surface area contributed by atoms with Gasteiger partial charge in [-0.25, -0.2) is 0 Å². The van der Waals surface area contributed by atoms with Crippen LogP contribution in [0.1, 0.15) is 47.0 Å². The van der Waals surface area contributed by atoms with Gasteiger partial charge >= 0.3 is 0 Å². The van der Waals surface area contributed by atoms with Crippen LogP contribution in [0.2, 0.25) is 5.02 Å². The fraction of sp³-hybridized carbons (Fsp3) is 0.571. The third kappa shape index (κ3) is 7.13. The van der Waals surface area contributed by atoms with E-state index in [4.69, 9.17) is 11.6 Å². The number of hydrogen-bond donors (Lipinski definition) is 1. The number of carbonyl (C=O) groups excluding carboxylic acids is 1. The molecule has 0 aliphatic heterocycles. The minimum atomic E-state index is 0.0281. The Labute approximate surface area is 177 Å². The maximum atomic E-state index is 12.1. The summed E-state index contributed by atoms with van der Waals surface area (Å²) >= 11 is 7.47. The summed E-state index contributed by atoms with van der Waals surface area (Å²) in [6.45, 7) is 10.2.